The van der Waals surface area contributed by atoms with Gasteiger partial charge in [-0.05, 0) is 26.0 Å². The Hall–Kier alpha value is -2.19. The van der Waals surface area contributed by atoms with Gasteiger partial charge in [0.05, 0.1) is 49.7 Å². The fourth-order valence-corrected chi connectivity index (χ4v) is 6.41. The fourth-order valence-electron chi connectivity index (χ4n) is 4.58. The average Bonchev–Trinajstić information content (AvgIpc) is 3.22. The minimum atomic E-state index is -2.86. The van der Waals surface area contributed by atoms with Crippen LogP contribution >= 0.6 is 0 Å². The van der Waals surface area contributed by atoms with Crippen molar-refractivity contribution in [2.75, 3.05) is 37.7 Å². The first-order valence-corrected chi connectivity index (χ1v) is 12.1. The molecule has 2 saturated heterocycles. The Morgan fingerprint density at radius 3 is 2.48 bits per heavy atom. The summed E-state index contributed by atoms with van der Waals surface area (Å²) in [6, 6.07) is 10.2. The molecule has 29 heavy (non-hydrogen) atoms. The molecule has 0 unspecified atom stereocenters. The smallest absolute Gasteiger partial charge is 0.227 e. The average molecular weight is 418 g/mol. The zero-order valence-electron chi connectivity index (χ0n) is 17.1. The van der Waals surface area contributed by atoms with Gasteiger partial charge >= 0.3 is 0 Å². The van der Waals surface area contributed by atoms with Crippen LogP contribution in [0, 0.1) is 13.8 Å². The van der Waals surface area contributed by atoms with Crippen LogP contribution in [0.25, 0.3) is 5.69 Å². The highest BCUT2D eigenvalue weighted by atomic mass is 32.2. The number of nitrogens with zero attached hydrogens (tertiary/aromatic N) is 3. The molecule has 4 rings (SSSR count). The molecule has 0 saturated carbocycles. The van der Waals surface area contributed by atoms with Crippen LogP contribution in [0.4, 0.5) is 0 Å². The summed E-state index contributed by atoms with van der Waals surface area (Å²) in [5.41, 5.74) is 3.88. The molecular weight excluding hydrogens is 388 g/mol. The van der Waals surface area contributed by atoms with Gasteiger partial charge in [0.2, 0.25) is 5.91 Å². The van der Waals surface area contributed by atoms with Crippen molar-refractivity contribution in [2.24, 2.45) is 0 Å². The fraction of sp³-hybridized carbons (Fsp3) is 0.524. The van der Waals surface area contributed by atoms with E-state index in [1.165, 1.54) is 4.90 Å². The normalized spacial score (nSPS) is 22.1. The summed E-state index contributed by atoms with van der Waals surface area (Å²) in [4.78, 5) is 16.2. The van der Waals surface area contributed by atoms with E-state index in [1.807, 2.05) is 53.8 Å². The van der Waals surface area contributed by atoms with E-state index in [2.05, 4.69) is 5.10 Å². The number of piperazine rings is 1. The second kappa shape index (κ2) is 7.91. The molecule has 1 amide bonds. The highest BCUT2D eigenvalue weighted by molar-refractivity contribution is 7.91. The van der Waals surface area contributed by atoms with Gasteiger partial charge < -0.3 is 9.80 Å². The lowest BCUT2D eigenvalue weighted by atomic mass is 10.1. The van der Waals surface area contributed by atoms with Gasteiger partial charge in [-0.15, -0.1) is 0 Å². The molecule has 2 fully saturated rings. The van der Waals surface area contributed by atoms with Crippen LogP contribution in [0.5, 0.6) is 0 Å². The van der Waals surface area contributed by atoms with Gasteiger partial charge in [0, 0.05) is 17.7 Å². The zero-order chi connectivity index (χ0) is 20.6. The van der Waals surface area contributed by atoms with Crippen LogP contribution in [-0.2, 0) is 21.1 Å². The molecular formula is C21H29N4O3S+. The first-order valence-electron chi connectivity index (χ1n) is 10.3. The minimum absolute atomic E-state index is 0.127. The largest absolute Gasteiger partial charge is 0.331 e. The topological polar surface area (TPSA) is 76.7 Å². The number of rotatable bonds is 4. The number of aromatic nitrogens is 2. The number of hydrogen-bond acceptors (Lipinski definition) is 4. The van der Waals surface area contributed by atoms with Gasteiger partial charge in [0.25, 0.3) is 0 Å². The molecule has 0 radical (unpaired) electrons. The second-order valence-electron chi connectivity index (χ2n) is 8.21. The van der Waals surface area contributed by atoms with E-state index in [1.54, 1.807) is 0 Å². The van der Waals surface area contributed by atoms with Crippen LogP contribution < -0.4 is 4.90 Å². The standard InChI is InChI=1S/C21H28N4O3S/c1-16-20(17(2)25(22-16)18-6-4-3-5-7-18)14-21(26)24-11-9-23(10-12-24)19-8-13-29(27,28)15-19/h3-7,19H,8-15H2,1-2H3/p+1/t19-/m1/s1. The van der Waals surface area contributed by atoms with Crippen molar-refractivity contribution >= 4 is 15.7 Å². The molecule has 2 aliphatic rings. The molecule has 7 nitrogen and oxygen atoms in total. The van der Waals surface area contributed by atoms with Crippen LogP contribution in [0.1, 0.15) is 23.4 Å². The van der Waals surface area contributed by atoms with Gasteiger partial charge in [-0.3, -0.25) is 4.79 Å². The molecule has 2 aromatic rings. The molecule has 0 bridgehead atoms. The number of benzene rings is 1. The molecule has 1 aromatic heterocycles. The molecule has 156 valence electrons. The van der Waals surface area contributed by atoms with Gasteiger partial charge in [-0.2, -0.15) is 5.10 Å². The van der Waals surface area contributed by atoms with E-state index >= 15 is 0 Å². The number of para-hydroxylation sites is 1. The number of aryl methyl sites for hydroxylation is 1. The maximum absolute atomic E-state index is 12.9. The molecule has 1 aromatic carbocycles. The Labute approximate surface area is 172 Å². The first-order chi connectivity index (χ1) is 13.8. The third-order valence-corrected chi connectivity index (χ3v) is 8.11. The Balaban J connectivity index is 1.39. The highest BCUT2D eigenvalue weighted by Gasteiger charge is 2.37. The van der Waals surface area contributed by atoms with Crippen molar-refractivity contribution in [3.63, 3.8) is 0 Å². The predicted octanol–water partition coefficient (Wildman–Crippen LogP) is -0.0542. The number of nitrogens with one attached hydrogen (secondary N) is 1. The maximum atomic E-state index is 12.9. The zero-order valence-corrected chi connectivity index (χ0v) is 17.9. The summed E-state index contributed by atoms with van der Waals surface area (Å²) in [5.74, 6) is 0.739. The molecule has 0 aliphatic carbocycles. The summed E-state index contributed by atoms with van der Waals surface area (Å²) in [7, 11) is -2.86. The lowest BCUT2D eigenvalue weighted by Gasteiger charge is -2.35. The predicted molar refractivity (Wildman–Crippen MR) is 111 cm³/mol. The van der Waals surface area contributed by atoms with Gasteiger partial charge in [0.15, 0.2) is 9.84 Å². The van der Waals surface area contributed by atoms with Crippen LogP contribution in [-0.4, -0.2) is 72.7 Å². The van der Waals surface area contributed by atoms with Gasteiger partial charge in [-0.1, -0.05) is 18.2 Å². The molecule has 1 atom stereocenters. The molecule has 3 heterocycles. The van der Waals surface area contributed by atoms with Crippen molar-refractivity contribution in [1.29, 1.82) is 0 Å². The number of amides is 1. The highest BCUT2D eigenvalue weighted by Crippen LogP contribution is 2.19. The van der Waals surface area contributed by atoms with E-state index in [4.69, 9.17) is 0 Å². The quantitative estimate of drug-likeness (QED) is 0.757. The van der Waals surface area contributed by atoms with Gasteiger partial charge in [-0.25, -0.2) is 13.1 Å². The molecule has 2 aliphatic heterocycles. The molecule has 0 spiro atoms. The SMILES string of the molecule is Cc1nn(-c2ccccc2)c(C)c1CC(=O)N1CC[NH+]([C@@H]2CCS(=O)(=O)C2)CC1. The summed E-state index contributed by atoms with van der Waals surface area (Å²) in [6.07, 6.45) is 1.11. The Bertz CT molecular complexity index is 992. The van der Waals surface area contributed by atoms with E-state index in [9.17, 15) is 13.2 Å². The van der Waals surface area contributed by atoms with Crippen LogP contribution in [0.3, 0.4) is 0 Å². The summed E-state index contributed by atoms with van der Waals surface area (Å²) in [6.45, 7) is 7.00. The number of carbonyl (C=O) groups excluding carboxylic acids is 1. The van der Waals surface area contributed by atoms with E-state index in [0.29, 0.717) is 31.0 Å². The maximum Gasteiger partial charge on any atom is 0.227 e. The minimum Gasteiger partial charge on any atom is -0.331 e. The van der Waals surface area contributed by atoms with Crippen molar-refractivity contribution in [3.8, 4) is 5.69 Å². The molecule has 8 heteroatoms. The van der Waals surface area contributed by atoms with E-state index < -0.39 is 9.84 Å². The van der Waals surface area contributed by atoms with Crippen molar-refractivity contribution in [2.45, 2.75) is 32.7 Å². The van der Waals surface area contributed by atoms with Crippen LogP contribution in [0.15, 0.2) is 30.3 Å². The lowest BCUT2D eigenvalue weighted by Crippen LogP contribution is -3.18. The summed E-state index contributed by atoms with van der Waals surface area (Å²) >= 11 is 0. The summed E-state index contributed by atoms with van der Waals surface area (Å²) in [5, 5.41) is 4.64. The van der Waals surface area contributed by atoms with Crippen LogP contribution in [0.2, 0.25) is 0 Å². The van der Waals surface area contributed by atoms with E-state index in [-0.39, 0.29) is 11.9 Å². The number of hydrogen-bond donors (Lipinski definition) is 1. The second-order valence-corrected chi connectivity index (χ2v) is 10.4. The summed E-state index contributed by atoms with van der Waals surface area (Å²) < 4.78 is 25.4. The Kier molecular flexibility index (Phi) is 5.48. The number of carbonyl (C=O) groups is 1. The Morgan fingerprint density at radius 1 is 1.17 bits per heavy atom. The van der Waals surface area contributed by atoms with Crippen molar-refractivity contribution in [3.05, 3.63) is 47.3 Å². The number of sulfone groups is 1. The Morgan fingerprint density at radius 2 is 1.86 bits per heavy atom. The lowest BCUT2D eigenvalue weighted by molar-refractivity contribution is -0.925. The third-order valence-electron chi connectivity index (χ3n) is 6.34. The number of quaternary nitrogens is 1. The van der Waals surface area contributed by atoms with E-state index in [0.717, 1.165) is 42.1 Å². The van der Waals surface area contributed by atoms with Crippen molar-refractivity contribution in [1.82, 2.24) is 14.7 Å². The molecule has 1 N–H and O–H groups in total. The monoisotopic (exact) mass is 417 g/mol. The van der Waals surface area contributed by atoms with Gasteiger partial charge in [0.1, 0.15) is 11.8 Å². The third kappa shape index (κ3) is 4.23. The van der Waals surface area contributed by atoms with Crippen molar-refractivity contribution < 1.29 is 18.1 Å². The first kappa shape index (κ1) is 20.1.